The molecular formula is C14H10O5S. The molecule has 0 atom stereocenters. The highest BCUT2D eigenvalue weighted by Crippen LogP contribution is 2.31. The first kappa shape index (κ1) is 14.0. The van der Waals surface area contributed by atoms with E-state index in [1.165, 1.54) is 29.0 Å². The maximum absolute atomic E-state index is 12.5. The first-order valence-electron chi connectivity index (χ1n) is 5.60. The zero-order chi connectivity index (χ0) is 14.8. The summed E-state index contributed by atoms with van der Waals surface area (Å²) >= 11 is 1.13. The highest BCUT2D eigenvalue weighted by atomic mass is 32.1. The Bertz CT molecular complexity index is 631. The topological polar surface area (TPSA) is 91.7 Å². The Morgan fingerprint density at radius 2 is 1.55 bits per heavy atom. The molecule has 1 aromatic carbocycles. The second-order valence-corrected chi connectivity index (χ2v) is 4.85. The number of ketones is 1. The summed E-state index contributed by atoms with van der Waals surface area (Å²) in [4.78, 5) is 35.6. The van der Waals surface area contributed by atoms with Crippen molar-refractivity contribution in [2.45, 2.75) is 5.41 Å². The third-order valence-electron chi connectivity index (χ3n) is 2.97. The minimum Gasteiger partial charge on any atom is -0.480 e. The Hall–Kier alpha value is -2.47. The lowest BCUT2D eigenvalue weighted by molar-refractivity contribution is -0.154. The highest BCUT2D eigenvalue weighted by molar-refractivity contribution is 7.08. The molecule has 0 amide bonds. The van der Waals surface area contributed by atoms with Crippen molar-refractivity contribution in [2.24, 2.45) is 0 Å². The summed E-state index contributed by atoms with van der Waals surface area (Å²) in [6, 6.07) is 8.90. The summed E-state index contributed by atoms with van der Waals surface area (Å²) in [6.45, 7) is 0. The summed E-state index contributed by atoms with van der Waals surface area (Å²) in [7, 11) is 0. The Morgan fingerprint density at radius 3 is 2.00 bits per heavy atom. The smallest absolute Gasteiger partial charge is 0.333 e. The first-order valence-corrected chi connectivity index (χ1v) is 6.55. The van der Waals surface area contributed by atoms with E-state index < -0.39 is 23.1 Å². The Morgan fingerprint density at radius 1 is 0.950 bits per heavy atom. The summed E-state index contributed by atoms with van der Waals surface area (Å²) in [6.07, 6.45) is 0. The van der Waals surface area contributed by atoms with E-state index in [1.807, 2.05) is 0 Å². The zero-order valence-electron chi connectivity index (χ0n) is 10.1. The van der Waals surface area contributed by atoms with Gasteiger partial charge in [0.05, 0.1) is 0 Å². The van der Waals surface area contributed by atoms with E-state index in [-0.39, 0.29) is 11.1 Å². The second kappa shape index (κ2) is 5.26. The molecule has 1 heterocycles. The Labute approximate surface area is 118 Å². The number of carbonyl (C=O) groups excluding carboxylic acids is 1. The van der Waals surface area contributed by atoms with Gasteiger partial charge in [0.1, 0.15) is 0 Å². The minimum atomic E-state index is -2.61. The van der Waals surface area contributed by atoms with Crippen LogP contribution in [0.3, 0.4) is 0 Å². The van der Waals surface area contributed by atoms with Gasteiger partial charge in [-0.2, -0.15) is 11.3 Å². The van der Waals surface area contributed by atoms with Gasteiger partial charge in [0.15, 0.2) is 5.78 Å². The molecule has 0 aliphatic carbocycles. The van der Waals surface area contributed by atoms with Gasteiger partial charge < -0.3 is 10.2 Å². The van der Waals surface area contributed by atoms with Gasteiger partial charge in [-0.05, 0) is 22.4 Å². The van der Waals surface area contributed by atoms with Crippen molar-refractivity contribution in [3.05, 3.63) is 58.3 Å². The molecule has 6 heteroatoms. The SMILES string of the molecule is O=C(O)C(C(=O)O)(C(=O)c1ccccc1)c1ccsc1. The predicted molar refractivity (Wildman–Crippen MR) is 72.0 cm³/mol. The van der Waals surface area contributed by atoms with Gasteiger partial charge in [-0.15, -0.1) is 0 Å². The molecule has 0 spiro atoms. The lowest BCUT2D eigenvalue weighted by Gasteiger charge is -2.22. The normalized spacial score (nSPS) is 11.0. The number of aliphatic carboxylic acids is 2. The van der Waals surface area contributed by atoms with Crippen LogP contribution in [-0.4, -0.2) is 27.9 Å². The maximum atomic E-state index is 12.5. The molecule has 0 unspecified atom stereocenters. The van der Waals surface area contributed by atoms with Crippen molar-refractivity contribution in [3.8, 4) is 0 Å². The van der Waals surface area contributed by atoms with Crippen molar-refractivity contribution < 1.29 is 24.6 Å². The van der Waals surface area contributed by atoms with Crippen molar-refractivity contribution in [1.29, 1.82) is 0 Å². The van der Waals surface area contributed by atoms with Gasteiger partial charge in [-0.1, -0.05) is 30.3 Å². The van der Waals surface area contributed by atoms with Crippen LogP contribution in [0.25, 0.3) is 0 Å². The van der Waals surface area contributed by atoms with Crippen molar-refractivity contribution >= 4 is 29.1 Å². The molecule has 5 nitrogen and oxygen atoms in total. The molecule has 102 valence electrons. The molecular weight excluding hydrogens is 280 g/mol. The number of carboxylic acid groups (broad SMARTS) is 2. The third kappa shape index (κ3) is 2.00. The number of rotatable bonds is 5. The lowest BCUT2D eigenvalue weighted by Crippen LogP contribution is -2.50. The molecule has 0 fully saturated rings. The molecule has 0 aliphatic heterocycles. The quantitative estimate of drug-likeness (QED) is 0.649. The average molecular weight is 290 g/mol. The van der Waals surface area contributed by atoms with Gasteiger partial charge in [0.2, 0.25) is 0 Å². The number of benzene rings is 1. The fourth-order valence-corrected chi connectivity index (χ4v) is 2.65. The molecule has 0 bridgehead atoms. The number of Topliss-reactive ketones (excluding diaryl/α,β-unsaturated/α-hetero) is 1. The van der Waals surface area contributed by atoms with Gasteiger partial charge in [-0.3, -0.25) is 14.4 Å². The monoisotopic (exact) mass is 290 g/mol. The van der Waals surface area contributed by atoms with E-state index in [2.05, 4.69) is 0 Å². The van der Waals surface area contributed by atoms with E-state index in [0.29, 0.717) is 0 Å². The zero-order valence-corrected chi connectivity index (χ0v) is 11.0. The molecule has 0 radical (unpaired) electrons. The van der Waals surface area contributed by atoms with Crippen molar-refractivity contribution in [1.82, 2.24) is 0 Å². The van der Waals surface area contributed by atoms with Crippen LogP contribution in [0, 0.1) is 0 Å². The standard InChI is InChI=1S/C14H10O5S/c15-11(9-4-2-1-3-5-9)14(12(16)17,13(18)19)10-6-7-20-8-10/h1-8H,(H,16,17)(H,18,19). The van der Waals surface area contributed by atoms with Crippen molar-refractivity contribution in [2.75, 3.05) is 0 Å². The summed E-state index contributed by atoms with van der Waals surface area (Å²) in [5.41, 5.74) is -2.61. The van der Waals surface area contributed by atoms with E-state index in [1.54, 1.807) is 18.2 Å². The largest absolute Gasteiger partial charge is 0.480 e. The number of carbonyl (C=O) groups is 3. The molecule has 0 saturated heterocycles. The van der Waals surface area contributed by atoms with Crippen LogP contribution in [0.15, 0.2) is 47.2 Å². The van der Waals surface area contributed by atoms with Crippen LogP contribution in [0.5, 0.6) is 0 Å². The van der Waals surface area contributed by atoms with E-state index in [0.717, 1.165) is 11.3 Å². The molecule has 2 aromatic rings. The molecule has 1 aromatic heterocycles. The molecule has 0 aliphatic rings. The average Bonchev–Trinajstić information content (AvgIpc) is 2.94. The van der Waals surface area contributed by atoms with Crippen LogP contribution in [-0.2, 0) is 15.0 Å². The van der Waals surface area contributed by atoms with Crippen LogP contribution >= 0.6 is 11.3 Å². The number of hydrogen-bond acceptors (Lipinski definition) is 4. The fraction of sp³-hybridized carbons (Fsp3) is 0.0714. The number of thiophene rings is 1. The van der Waals surface area contributed by atoms with E-state index in [9.17, 15) is 24.6 Å². The maximum Gasteiger partial charge on any atom is 0.333 e. The van der Waals surface area contributed by atoms with Gasteiger partial charge in [-0.25, -0.2) is 0 Å². The summed E-state index contributed by atoms with van der Waals surface area (Å²) in [5, 5.41) is 21.7. The predicted octanol–water partition coefficient (Wildman–Crippen LogP) is 2.04. The summed E-state index contributed by atoms with van der Waals surface area (Å²) < 4.78 is 0. The van der Waals surface area contributed by atoms with E-state index in [4.69, 9.17) is 0 Å². The van der Waals surface area contributed by atoms with Gasteiger partial charge in [0.25, 0.3) is 5.41 Å². The molecule has 2 N–H and O–H groups in total. The fourth-order valence-electron chi connectivity index (χ4n) is 1.95. The van der Waals surface area contributed by atoms with Crippen LogP contribution < -0.4 is 0 Å². The third-order valence-corrected chi connectivity index (χ3v) is 3.66. The van der Waals surface area contributed by atoms with Crippen LogP contribution in [0.1, 0.15) is 15.9 Å². The number of hydrogen-bond donors (Lipinski definition) is 2. The van der Waals surface area contributed by atoms with Crippen LogP contribution in [0.4, 0.5) is 0 Å². The highest BCUT2D eigenvalue weighted by Gasteiger charge is 2.55. The molecule has 20 heavy (non-hydrogen) atoms. The second-order valence-electron chi connectivity index (χ2n) is 4.07. The molecule has 2 rings (SSSR count). The number of carboxylic acids is 2. The van der Waals surface area contributed by atoms with Gasteiger partial charge >= 0.3 is 11.9 Å². The molecule has 0 saturated carbocycles. The lowest BCUT2D eigenvalue weighted by atomic mass is 9.75. The Kier molecular flexibility index (Phi) is 3.67. The van der Waals surface area contributed by atoms with E-state index >= 15 is 0 Å². The summed E-state index contributed by atoms with van der Waals surface area (Å²) in [5.74, 6) is -4.36. The van der Waals surface area contributed by atoms with Gasteiger partial charge in [0, 0.05) is 5.56 Å². The minimum absolute atomic E-state index is 0.0449. The Balaban J connectivity index is 2.67. The van der Waals surface area contributed by atoms with Crippen LogP contribution in [0.2, 0.25) is 0 Å². The van der Waals surface area contributed by atoms with Crippen molar-refractivity contribution in [3.63, 3.8) is 0 Å². The first-order chi connectivity index (χ1) is 9.51.